The zero-order valence-electron chi connectivity index (χ0n) is 12.9. The molecule has 0 bridgehead atoms. The van der Waals surface area contributed by atoms with Crippen LogP contribution in [0.15, 0.2) is 29.1 Å². The SMILES string of the molecule is Cn1c(=O)n(CC(=O)N[C@H]2CC[C@@H](C(=O)O)C2)c2ccccc21. The predicted molar refractivity (Wildman–Crippen MR) is 84.1 cm³/mol. The average molecular weight is 317 g/mol. The van der Waals surface area contributed by atoms with E-state index in [9.17, 15) is 14.4 Å². The highest BCUT2D eigenvalue weighted by Crippen LogP contribution is 2.25. The molecular weight excluding hydrogens is 298 g/mol. The molecule has 0 unspecified atom stereocenters. The lowest BCUT2D eigenvalue weighted by Crippen LogP contribution is -2.38. The molecule has 1 aromatic carbocycles. The average Bonchev–Trinajstić information content (AvgIpc) is 3.07. The number of carboxylic acids is 1. The quantitative estimate of drug-likeness (QED) is 0.868. The van der Waals surface area contributed by atoms with E-state index in [0.717, 1.165) is 5.52 Å². The van der Waals surface area contributed by atoms with Gasteiger partial charge in [-0.05, 0) is 31.4 Å². The monoisotopic (exact) mass is 317 g/mol. The maximum atomic E-state index is 12.3. The van der Waals surface area contributed by atoms with Gasteiger partial charge < -0.3 is 10.4 Å². The molecule has 122 valence electrons. The number of benzene rings is 1. The topological polar surface area (TPSA) is 93.3 Å². The fourth-order valence-corrected chi connectivity index (χ4v) is 3.27. The van der Waals surface area contributed by atoms with Gasteiger partial charge >= 0.3 is 11.7 Å². The minimum absolute atomic E-state index is 0.0611. The summed E-state index contributed by atoms with van der Waals surface area (Å²) in [6.45, 7) is -0.0611. The van der Waals surface area contributed by atoms with Gasteiger partial charge in [-0.2, -0.15) is 0 Å². The number of rotatable bonds is 4. The standard InChI is InChI=1S/C16H19N3O4/c1-18-12-4-2-3-5-13(12)19(16(18)23)9-14(20)17-11-7-6-10(8-11)15(21)22/h2-5,10-11H,6-9H2,1H3,(H,17,20)(H,21,22)/t10-,11+/m1/s1. The van der Waals surface area contributed by atoms with Crippen molar-refractivity contribution in [2.75, 3.05) is 0 Å². The zero-order chi connectivity index (χ0) is 16.6. The molecule has 23 heavy (non-hydrogen) atoms. The van der Waals surface area contributed by atoms with Gasteiger partial charge in [0.05, 0.1) is 17.0 Å². The van der Waals surface area contributed by atoms with Crippen molar-refractivity contribution >= 4 is 22.9 Å². The molecule has 1 aliphatic rings. The number of fused-ring (bicyclic) bond motifs is 1. The Kier molecular flexibility index (Phi) is 3.94. The van der Waals surface area contributed by atoms with Gasteiger partial charge in [0.1, 0.15) is 6.54 Å². The number of carbonyl (C=O) groups excluding carboxylic acids is 1. The molecule has 1 saturated carbocycles. The van der Waals surface area contributed by atoms with Crippen LogP contribution in [0.5, 0.6) is 0 Å². The van der Waals surface area contributed by atoms with Gasteiger partial charge in [0.25, 0.3) is 0 Å². The fourth-order valence-electron chi connectivity index (χ4n) is 3.27. The second kappa shape index (κ2) is 5.91. The van der Waals surface area contributed by atoms with Crippen LogP contribution in [-0.2, 0) is 23.2 Å². The molecular formula is C16H19N3O4. The van der Waals surface area contributed by atoms with Crippen LogP contribution in [0, 0.1) is 5.92 Å². The number of nitrogens with one attached hydrogen (secondary N) is 1. The van der Waals surface area contributed by atoms with E-state index >= 15 is 0 Å². The molecule has 7 nitrogen and oxygen atoms in total. The Bertz CT molecular complexity index is 820. The molecule has 1 amide bonds. The number of imidazole rings is 1. The summed E-state index contributed by atoms with van der Waals surface area (Å²) in [5, 5.41) is 11.8. The molecule has 1 aliphatic carbocycles. The molecule has 2 aromatic rings. The second-order valence-electron chi connectivity index (χ2n) is 6.03. The van der Waals surface area contributed by atoms with Crippen molar-refractivity contribution in [1.29, 1.82) is 0 Å². The molecule has 3 rings (SSSR count). The minimum Gasteiger partial charge on any atom is -0.481 e. The van der Waals surface area contributed by atoms with Crippen LogP contribution in [0.4, 0.5) is 0 Å². The third-order valence-electron chi connectivity index (χ3n) is 4.50. The summed E-state index contributed by atoms with van der Waals surface area (Å²) in [5.74, 6) is -1.47. The van der Waals surface area contributed by atoms with Gasteiger partial charge in [-0.3, -0.25) is 18.7 Å². The largest absolute Gasteiger partial charge is 0.481 e. The smallest absolute Gasteiger partial charge is 0.329 e. The number of amides is 1. The molecule has 1 heterocycles. The van der Waals surface area contributed by atoms with Crippen LogP contribution in [0.25, 0.3) is 11.0 Å². The number of aryl methyl sites for hydroxylation is 1. The molecule has 2 atom stereocenters. The van der Waals surface area contributed by atoms with Crippen molar-refractivity contribution in [3.63, 3.8) is 0 Å². The van der Waals surface area contributed by atoms with Crippen molar-refractivity contribution in [2.24, 2.45) is 13.0 Å². The van der Waals surface area contributed by atoms with E-state index in [1.54, 1.807) is 13.1 Å². The normalized spacial score (nSPS) is 20.7. The first-order valence-electron chi connectivity index (χ1n) is 7.64. The third kappa shape index (κ3) is 2.86. The summed E-state index contributed by atoms with van der Waals surface area (Å²) < 4.78 is 2.95. The summed E-state index contributed by atoms with van der Waals surface area (Å²) in [7, 11) is 1.67. The minimum atomic E-state index is -0.813. The molecule has 0 aliphatic heterocycles. The van der Waals surface area contributed by atoms with E-state index in [4.69, 9.17) is 5.11 Å². The van der Waals surface area contributed by atoms with E-state index in [2.05, 4.69) is 5.32 Å². The number of aromatic nitrogens is 2. The van der Waals surface area contributed by atoms with E-state index < -0.39 is 5.97 Å². The van der Waals surface area contributed by atoms with Crippen molar-refractivity contribution in [2.45, 2.75) is 31.8 Å². The first-order valence-corrected chi connectivity index (χ1v) is 7.64. The molecule has 2 N–H and O–H groups in total. The Labute approximate surface area is 132 Å². The Hall–Kier alpha value is -2.57. The van der Waals surface area contributed by atoms with Crippen molar-refractivity contribution < 1.29 is 14.7 Å². The summed E-state index contributed by atoms with van der Waals surface area (Å²) in [4.78, 5) is 35.4. The van der Waals surface area contributed by atoms with E-state index in [-0.39, 0.29) is 30.1 Å². The molecule has 1 fully saturated rings. The summed E-state index contributed by atoms with van der Waals surface area (Å²) >= 11 is 0. The van der Waals surface area contributed by atoms with Gasteiger partial charge in [-0.25, -0.2) is 4.79 Å². The number of aliphatic carboxylic acids is 1. The van der Waals surface area contributed by atoms with E-state index in [1.165, 1.54) is 9.13 Å². The lowest BCUT2D eigenvalue weighted by molar-refractivity contribution is -0.141. The van der Waals surface area contributed by atoms with Crippen LogP contribution < -0.4 is 11.0 Å². The van der Waals surface area contributed by atoms with Gasteiger partial charge in [-0.15, -0.1) is 0 Å². The maximum Gasteiger partial charge on any atom is 0.329 e. The van der Waals surface area contributed by atoms with E-state index in [0.29, 0.717) is 24.8 Å². The van der Waals surface area contributed by atoms with Crippen LogP contribution in [0.3, 0.4) is 0 Å². The van der Waals surface area contributed by atoms with Crippen molar-refractivity contribution in [3.8, 4) is 0 Å². The molecule has 0 spiro atoms. The van der Waals surface area contributed by atoms with Gasteiger partial charge in [-0.1, -0.05) is 12.1 Å². The number of para-hydroxylation sites is 2. The van der Waals surface area contributed by atoms with Crippen molar-refractivity contribution in [1.82, 2.24) is 14.5 Å². The zero-order valence-corrected chi connectivity index (χ0v) is 12.9. The Balaban J connectivity index is 1.73. The van der Waals surface area contributed by atoms with Gasteiger partial charge in [0.15, 0.2) is 0 Å². The van der Waals surface area contributed by atoms with Crippen LogP contribution >= 0.6 is 0 Å². The summed E-state index contributed by atoms with van der Waals surface area (Å²) in [5.41, 5.74) is 1.25. The van der Waals surface area contributed by atoms with Gasteiger partial charge in [0.2, 0.25) is 5.91 Å². The Morgan fingerprint density at radius 3 is 2.61 bits per heavy atom. The lowest BCUT2D eigenvalue weighted by Gasteiger charge is -2.12. The highest BCUT2D eigenvalue weighted by Gasteiger charge is 2.30. The third-order valence-corrected chi connectivity index (χ3v) is 4.50. The fraction of sp³-hybridized carbons (Fsp3) is 0.438. The highest BCUT2D eigenvalue weighted by molar-refractivity contribution is 5.81. The first kappa shape index (κ1) is 15.3. The summed E-state index contributed by atoms with van der Waals surface area (Å²) in [6, 6.07) is 7.18. The number of carbonyl (C=O) groups is 2. The summed E-state index contributed by atoms with van der Waals surface area (Å²) in [6.07, 6.45) is 1.69. The van der Waals surface area contributed by atoms with Crippen LogP contribution in [0.1, 0.15) is 19.3 Å². The lowest BCUT2D eigenvalue weighted by atomic mass is 10.1. The molecule has 1 aromatic heterocycles. The molecule has 0 radical (unpaired) electrons. The number of hydrogen-bond acceptors (Lipinski definition) is 3. The second-order valence-corrected chi connectivity index (χ2v) is 6.03. The van der Waals surface area contributed by atoms with Gasteiger partial charge in [0, 0.05) is 13.1 Å². The molecule has 7 heteroatoms. The molecule has 0 saturated heterocycles. The Morgan fingerprint density at radius 2 is 1.96 bits per heavy atom. The van der Waals surface area contributed by atoms with Crippen LogP contribution in [-0.4, -0.2) is 32.2 Å². The number of hydrogen-bond donors (Lipinski definition) is 2. The predicted octanol–water partition coefficient (Wildman–Crippen LogP) is 0.710. The van der Waals surface area contributed by atoms with Crippen LogP contribution in [0.2, 0.25) is 0 Å². The Morgan fingerprint density at radius 1 is 1.26 bits per heavy atom. The number of carboxylic acid groups (broad SMARTS) is 1. The first-order chi connectivity index (χ1) is 11.0. The van der Waals surface area contributed by atoms with Crippen molar-refractivity contribution in [3.05, 3.63) is 34.7 Å². The highest BCUT2D eigenvalue weighted by atomic mass is 16.4. The number of nitrogens with zero attached hydrogens (tertiary/aromatic N) is 2. The van der Waals surface area contributed by atoms with E-state index in [1.807, 2.05) is 18.2 Å². The maximum absolute atomic E-state index is 12.3.